The first-order chi connectivity index (χ1) is 28.3. The lowest BCUT2D eigenvalue weighted by Crippen LogP contribution is -2.16. The first-order valence-electron chi connectivity index (χ1n) is 20.5. The summed E-state index contributed by atoms with van der Waals surface area (Å²) in [5, 5.41) is 7.70. The average Bonchev–Trinajstić information content (AvgIpc) is 3.78. The van der Waals surface area contributed by atoms with Crippen LogP contribution in [0.1, 0.15) is 49.9 Å². The third kappa shape index (κ3) is 4.60. The highest BCUT2D eigenvalue weighted by molar-refractivity contribution is 6.11. The van der Waals surface area contributed by atoms with Crippen LogP contribution in [0.3, 0.4) is 0 Å². The monoisotopic (exact) mass is 742 g/mol. The summed E-state index contributed by atoms with van der Waals surface area (Å²) in [6.45, 7) is 9.57. The van der Waals surface area contributed by atoms with Crippen LogP contribution in [0.25, 0.3) is 71.3 Å². The van der Waals surface area contributed by atoms with Crippen molar-refractivity contribution in [2.75, 3.05) is 4.90 Å². The van der Waals surface area contributed by atoms with E-state index in [1.54, 1.807) is 0 Å². The number of anilines is 3. The van der Waals surface area contributed by atoms with Crippen molar-refractivity contribution in [3.05, 3.63) is 204 Å². The third-order valence-electron chi connectivity index (χ3n) is 13.5. The number of hydrogen-bond donors (Lipinski definition) is 0. The molecule has 10 aromatic rings. The summed E-state index contributed by atoms with van der Waals surface area (Å²) in [7, 11) is 0. The van der Waals surface area contributed by atoms with Crippen LogP contribution in [-0.2, 0) is 10.8 Å². The maximum absolute atomic E-state index is 2.48. The van der Waals surface area contributed by atoms with Gasteiger partial charge >= 0.3 is 0 Å². The van der Waals surface area contributed by atoms with Gasteiger partial charge in [0.15, 0.2) is 0 Å². The fraction of sp³-hybridized carbons (Fsp3) is 0.107. The molecule has 12 rings (SSSR count). The molecule has 58 heavy (non-hydrogen) atoms. The Morgan fingerprint density at radius 2 is 0.879 bits per heavy atom. The van der Waals surface area contributed by atoms with Gasteiger partial charge in [-0.15, -0.1) is 0 Å². The molecule has 2 aliphatic rings. The summed E-state index contributed by atoms with van der Waals surface area (Å²) in [5.74, 6) is 0. The third-order valence-corrected chi connectivity index (χ3v) is 13.5. The maximum atomic E-state index is 2.48. The Bertz CT molecular complexity index is 3330. The SMILES string of the molecule is CC1(C)c2cc3ccccc3cc2-c2cc3ccc(N(c4ccccc4)c4ccc5c(c4)C(C)(C)c4cc6c7ccccc7n(-c7ccccc7)c6cc4-5)cc3cc21. The Morgan fingerprint density at radius 3 is 1.62 bits per heavy atom. The van der Waals surface area contributed by atoms with E-state index in [-0.39, 0.29) is 10.8 Å². The van der Waals surface area contributed by atoms with E-state index >= 15 is 0 Å². The van der Waals surface area contributed by atoms with Crippen LogP contribution >= 0.6 is 0 Å². The Labute approximate surface area is 339 Å². The zero-order valence-electron chi connectivity index (χ0n) is 33.2. The van der Waals surface area contributed by atoms with Gasteiger partial charge in [0.2, 0.25) is 0 Å². The lowest BCUT2D eigenvalue weighted by Gasteiger charge is -2.28. The minimum atomic E-state index is -0.192. The zero-order chi connectivity index (χ0) is 38.9. The summed E-state index contributed by atoms with van der Waals surface area (Å²) < 4.78 is 2.43. The van der Waals surface area contributed by atoms with Crippen molar-refractivity contribution in [2.24, 2.45) is 0 Å². The molecule has 1 heterocycles. The van der Waals surface area contributed by atoms with Gasteiger partial charge < -0.3 is 9.47 Å². The Kier molecular flexibility index (Phi) is 6.78. The van der Waals surface area contributed by atoms with Crippen molar-refractivity contribution in [1.29, 1.82) is 0 Å². The number of rotatable bonds is 4. The lowest BCUT2D eigenvalue weighted by atomic mass is 9.81. The number of fused-ring (bicyclic) bond motifs is 11. The van der Waals surface area contributed by atoms with Crippen LogP contribution in [0, 0.1) is 0 Å². The molecule has 0 atom stereocenters. The van der Waals surface area contributed by atoms with E-state index in [1.807, 2.05) is 0 Å². The van der Waals surface area contributed by atoms with E-state index in [0.717, 1.165) is 17.1 Å². The number of para-hydroxylation sites is 3. The Balaban J connectivity index is 1.01. The molecular weight excluding hydrogens is 701 g/mol. The van der Waals surface area contributed by atoms with Crippen molar-refractivity contribution in [3.63, 3.8) is 0 Å². The number of benzene rings is 9. The van der Waals surface area contributed by atoms with Gasteiger partial charge in [-0.3, -0.25) is 0 Å². The van der Waals surface area contributed by atoms with Crippen molar-refractivity contribution in [1.82, 2.24) is 4.57 Å². The van der Waals surface area contributed by atoms with Gasteiger partial charge in [0, 0.05) is 44.4 Å². The zero-order valence-corrected chi connectivity index (χ0v) is 33.2. The number of aromatic nitrogens is 1. The quantitative estimate of drug-likeness (QED) is 0.174. The molecule has 0 unspecified atom stereocenters. The second-order valence-corrected chi connectivity index (χ2v) is 17.4. The van der Waals surface area contributed by atoms with Gasteiger partial charge in [-0.1, -0.05) is 119 Å². The normalized spacial score (nSPS) is 14.5. The molecule has 2 heteroatoms. The van der Waals surface area contributed by atoms with Crippen molar-refractivity contribution >= 4 is 60.4 Å². The summed E-state index contributed by atoms with van der Waals surface area (Å²) in [6, 6.07) is 68.0. The van der Waals surface area contributed by atoms with E-state index in [4.69, 9.17) is 0 Å². The highest BCUT2D eigenvalue weighted by Gasteiger charge is 2.38. The molecule has 0 amide bonds. The minimum Gasteiger partial charge on any atom is -0.310 e. The number of nitrogens with zero attached hydrogens (tertiary/aromatic N) is 2. The van der Waals surface area contributed by atoms with Crippen molar-refractivity contribution in [2.45, 2.75) is 38.5 Å². The van der Waals surface area contributed by atoms with Gasteiger partial charge in [0.25, 0.3) is 0 Å². The van der Waals surface area contributed by atoms with E-state index < -0.39 is 0 Å². The smallest absolute Gasteiger partial charge is 0.0547 e. The fourth-order valence-corrected chi connectivity index (χ4v) is 10.5. The van der Waals surface area contributed by atoms with Crippen LogP contribution in [-0.4, -0.2) is 4.57 Å². The molecule has 0 radical (unpaired) electrons. The summed E-state index contributed by atoms with van der Waals surface area (Å²) in [5.41, 5.74) is 17.7. The van der Waals surface area contributed by atoms with Gasteiger partial charge in [-0.05, 0) is 157 Å². The van der Waals surface area contributed by atoms with Crippen LogP contribution in [0.2, 0.25) is 0 Å². The average molecular weight is 743 g/mol. The topological polar surface area (TPSA) is 8.17 Å². The predicted octanol–water partition coefficient (Wildman–Crippen LogP) is 15.2. The molecule has 0 N–H and O–H groups in total. The Hall–Kier alpha value is -6.90. The minimum absolute atomic E-state index is 0.0982. The summed E-state index contributed by atoms with van der Waals surface area (Å²) in [6.07, 6.45) is 0. The van der Waals surface area contributed by atoms with Gasteiger partial charge in [0.05, 0.1) is 11.0 Å². The van der Waals surface area contributed by atoms with Gasteiger partial charge in [-0.2, -0.15) is 0 Å². The predicted molar refractivity (Wildman–Crippen MR) is 246 cm³/mol. The molecule has 0 saturated heterocycles. The van der Waals surface area contributed by atoms with Crippen LogP contribution < -0.4 is 4.90 Å². The molecule has 0 spiro atoms. The molecule has 9 aromatic carbocycles. The van der Waals surface area contributed by atoms with Crippen LogP contribution in [0.5, 0.6) is 0 Å². The highest BCUT2D eigenvalue weighted by atomic mass is 15.1. The summed E-state index contributed by atoms with van der Waals surface area (Å²) >= 11 is 0. The standard InChI is InChI=1S/C56H42N2/c1-55(2)49-30-36-16-12-11-15-35(36)28-45(49)46-29-37-23-24-41(27-38(37)31-50(46)55)57(39-17-7-5-8-18-39)42-25-26-43-47-34-54-48(33-52(47)56(3,4)51(43)32-42)44-21-13-14-22-53(44)58(54)40-19-9-6-10-20-40/h5-34H,1-4H3. The second kappa shape index (κ2) is 11.8. The van der Waals surface area contributed by atoms with E-state index in [1.165, 1.54) is 93.5 Å². The van der Waals surface area contributed by atoms with Gasteiger partial charge in [0.1, 0.15) is 0 Å². The Morgan fingerprint density at radius 1 is 0.345 bits per heavy atom. The molecule has 2 aliphatic carbocycles. The number of hydrogen-bond acceptors (Lipinski definition) is 1. The molecule has 0 bridgehead atoms. The molecular formula is C56H42N2. The van der Waals surface area contributed by atoms with E-state index in [9.17, 15) is 0 Å². The first-order valence-corrected chi connectivity index (χ1v) is 20.5. The van der Waals surface area contributed by atoms with Crippen LogP contribution in [0.4, 0.5) is 17.1 Å². The highest BCUT2D eigenvalue weighted by Crippen LogP contribution is 2.54. The molecule has 1 aromatic heterocycles. The van der Waals surface area contributed by atoms with Gasteiger partial charge in [-0.25, -0.2) is 0 Å². The van der Waals surface area contributed by atoms with E-state index in [0.29, 0.717) is 0 Å². The van der Waals surface area contributed by atoms with E-state index in [2.05, 4.69) is 219 Å². The second-order valence-electron chi connectivity index (χ2n) is 17.4. The maximum Gasteiger partial charge on any atom is 0.0547 e. The lowest BCUT2D eigenvalue weighted by molar-refractivity contribution is 0.661. The van der Waals surface area contributed by atoms with Crippen molar-refractivity contribution < 1.29 is 0 Å². The summed E-state index contributed by atoms with van der Waals surface area (Å²) in [4.78, 5) is 2.44. The first kappa shape index (κ1) is 33.3. The molecule has 2 nitrogen and oxygen atoms in total. The molecule has 0 saturated carbocycles. The largest absolute Gasteiger partial charge is 0.310 e. The molecule has 276 valence electrons. The molecule has 0 aliphatic heterocycles. The molecule has 0 fully saturated rings. The van der Waals surface area contributed by atoms with Crippen molar-refractivity contribution in [3.8, 4) is 27.9 Å². The van der Waals surface area contributed by atoms with Crippen LogP contribution in [0.15, 0.2) is 182 Å². The fourth-order valence-electron chi connectivity index (χ4n) is 10.5.